The molecule has 1 amide bonds. The van der Waals surface area contributed by atoms with Gasteiger partial charge in [-0.05, 0) is 24.3 Å². The van der Waals surface area contributed by atoms with Gasteiger partial charge in [-0.15, -0.1) is 0 Å². The summed E-state index contributed by atoms with van der Waals surface area (Å²) in [6.45, 7) is 3.76. The number of para-hydroxylation sites is 3. The molecule has 4 nitrogen and oxygen atoms in total. The number of carbonyl (C=O) groups is 1. The van der Waals surface area contributed by atoms with Crippen LogP contribution in [0.15, 0.2) is 48.5 Å². The van der Waals surface area contributed by atoms with Crippen LogP contribution in [-0.2, 0) is 4.79 Å². The molecule has 1 aromatic heterocycles. The van der Waals surface area contributed by atoms with Crippen molar-refractivity contribution in [3.8, 4) is 11.4 Å². The largest absolute Gasteiger partial charge is 0.325 e. The standard InChI is InChI=1S/C17H17N3O/c1-11(2)17(21)20-13-8-4-3-7-12(13)16-18-14-9-5-6-10-15(14)19-16/h3-11H,1-2H3,(H,18,19)(H,20,21)/p+1. The van der Waals surface area contributed by atoms with Crippen molar-refractivity contribution >= 4 is 22.6 Å². The maximum atomic E-state index is 11.9. The van der Waals surface area contributed by atoms with Crippen LogP contribution in [0, 0.1) is 5.92 Å². The summed E-state index contributed by atoms with van der Waals surface area (Å²) in [5, 5.41) is 2.97. The Hall–Kier alpha value is -2.62. The summed E-state index contributed by atoms with van der Waals surface area (Å²) in [7, 11) is 0. The molecule has 0 saturated heterocycles. The lowest BCUT2D eigenvalue weighted by Crippen LogP contribution is -2.18. The minimum Gasteiger partial charge on any atom is -0.325 e. The Morgan fingerprint density at radius 2 is 1.81 bits per heavy atom. The number of rotatable bonds is 3. The molecule has 0 aliphatic heterocycles. The third kappa shape index (κ3) is 2.65. The van der Waals surface area contributed by atoms with Crippen molar-refractivity contribution in [3.63, 3.8) is 0 Å². The molecule has 3 N–H and O–H groups in total. The molecule has 0 spiro atoms. The number of amides is 1. The zero-order valence-corrected chi connectivity index (χ0v) is 12.1. The number of H-pyrrole nitrogens is 2. The van der Waals surface area contributed by atoms with Crippen molar-refractivity contribution in [1.29, 1.82) is 0 Å². The van der Waals surface area contributed by atoms with E-state index in [2.05, 4.69) is 15.3 Å². The number of imidazole rings is 1. The van der Waals surface area contributed by atoms with E-state index in [4.69, 9.17) is 0 Å². The van der Waals surface area contributed by atoms with E-state index in [-0.39, 0.29) is 11.8 Å². The average molecular weight is 280 g/mol. The van der Waals surface area contributed by atoms with Crippen LogP contribution in [0.4, 0.5) is 5.69 Å². The first-order valence-electron chi connectivity index (χ1n) is 7.05. The van der Waals surface area contributed by atoms with Gasteiger partial charge in [-0.25, -0.2) is 9.97 Å². The van der Waals surface area contributed by atoms with Crippen molar-refractivity contribution < 1.29 is 9.78 Å². The molecular weight excluding hydrogens is 262 g/mol. The molecule has 106 valence electrons. The summed E-state index contributed by atoms with van der Waals surface area (Å²) in [5.41, 5.74) is 3.83. The number of nitrogens with one attached hydrogen (secondary N) is 3. The molecule has 0 unspecified atom stereocenters. The summed E-state index contributed by atoms with van der Waals surface area (Å²) < 4.78 is 0. The average Bonchev–Trinajstić information content (AvgIpc) is 2.91. The molecule has 1 heterocycles. The number of carbonyl (C=O) groups excluding carboxylic acids is 1. The van der Waals surface area contributed by atoms with Crippen molar-refractivity contribution in [2.45, 2.75) is 13.8 Å². The zero-order valence-electron chi connectivity index (χ0n) is 12.1. The summed E-state index contributed by atoms with van der Waals surface area (Å²) >= 11 is 0. The number of benzene rings is 2. The van der Waals surface area contributed by atoms with Gasteiger partial charge in [0.1, 0.15) is 0 Å². The van der Waals surface area contributed by atoms with Gasteiger partial charge in [0.05, 0.1) is 11.3 Å². The fraction of sp³-hybridized carbons (Fsp3) is 0.176. The van der Waals surface area contributed by atoms with E-state index in [0.717, 1.165) is 28.1 Å². The van der Waals surface area contributed by atoms with Crippen LogP contribution in [-0.4, -0.2) is 10.9 Å². The molecule has 0 aliphatic carbocycles. The van der Waals surface area contributed by atoms with Gasteiger partial charge < -0.3 is 5.32 Å². The lowest BCUT2D eigenvalue weighted by atomic mass is 10.1. The number of fused-ring (bicyclic) bond motifs is 1. The molecular formula is C17H18N3O+. The fourth-order valence-electron chi connectivity index (χ4n) is 2.22. The van der Waals surface area contributed by atoms with Crippen LogP contribution in [0.2, 0.25) is 0 Å². The van der Waals surface area contributed by atoms with Crippen LogP contribution in [0.1, 0.15) is 13.8 Å². The number of anilines is 1. The van der Waals surface area contributed by atoms with E-state index in [9.17, 15) is 4.79 Å². The highest BCUT2D eigenvalue weighted by Crippen LogP contribution is 2.25. The quantitative estimate of drug-likeness (QED) is 0.760. The lowest BCUT2D eigenvalue weighted by Gasteiger charge is -2.09. The zero-order chi connectivity index (χ0) is 14.8. The second kappa shape index (κ2) is 5.40. The Morgan fingerprint density at radius 1 is 1.10 bits per heavy atom. The number of aromatic nitrogens is 2. The minimum absolute atomic E-state index is 0.0126. The van der Waals surface area contributed by atoms with Gasteiger partial charge in [0.15, 0.2) is 11.0 Å². The van der Waals surface area contributed by atoms with Gasteiger partial charge in [0, 0.05) is 5.92 Å². The van der Waals surface area contributed by atoms with Crippen molar-refractivity contribution in [2.75, 3.05) is 5.32 Å². The van der Waals surface area contributed by atoms with E-state index in [1.165, 1.54) is 0 Å². The Morgan fingerprint density at radius 3 is 2.57 bits per heavy atom. The van der Waals surface area contributed by atoms with Gasteiger partial charge in [-0.2, -0.15) is 0 Å². The molecule has 0 radical (unpaired) electrons. The number of hydrogen-bond acceptors (Lipinski definition) is 1. The molecule has 0 bridgehead atoms. The van der Waals surface area contributed by atoms with Gasteiger partial charge >= 0.3 is 0 Å². The Kier molecular flexibility index (Phi) is 3.44. The highest BCUT2D eigenvalue weighted by molar-refractivity contribution is 5.95. The van der Waals surface area contributed by atoms with E-state index in [1.54, 1.807) is 0 Å². The SMILES string of the molecule is CC(C)C(=O)Nc1ccccc1-c1[nH]c2ccccc2[nH+]1. The Labute approximate surface area is 123 Å². The molecule has 0 aliphatic rings. The molecule has 3 aromatic rings. The first kappa shape index (κ1) is 13.4. The minimum atomic E-state index is -0.0512. The van der Waals surface area contributed by atoms with Gasteiger partial charge in [-0.1, -0.05) is 38.1 Å². The molecule has 0 fully saturated rings. The number of aromatic amines is 2. The summed E-state index contributed by atoms with van der Waals surface area (Å²) in [4.78, 5) is 18.6. The van der Waals surface area contributed by atoms with Crippen molar-refractivity contribution in [2.24, 2.45) is 5.92 Å². The van der Waals surface area contributed by atoms with Crippen LogP contribution in [0.3, 0.4) is 0 Å². The van der Waals surface area contributed by atoms with Crippen LogP contribution >= 0.6 is 0 Å². The van der Waals surface area contributed by atoms with Crippen LogP contribution in [0.5, 0.6) is 0 Å². The van der Waals surface area contributed by atoms with Crippen LogP contribution < -0.4 is 10.3 Å². The first-order chi connectivity index (χ1) is 10.1. The predicted molar refractivity (Wildman–Crippen MR) is 83.8 cm³/mol. The maximum absolute atomic E-state index is 11.9. The molecule has 0 saturated carbocycles. The first-order valence-corrected chi connectivity index (χ1v) is 7.05. The highest BCUT2D eigenvalue weighted by Gasteiger charge is 2.17. The number of hydrogen-bond donors (Lipinski definition) is 2. The summed E-state index contributed by atoms with van der Waals surface area (Å²) in [5.74, 6) is 0.846. The van der Waals surface area contributed by atoms with Crippen LogP contribution in [0.25, 0.3) is 22.4 Å². The Bertz CT molecular complexity index is 756. The second-order valence-electron chi connectivity index (χ2n) is 5.36. The van der Waals surface area contributed by atoms with Crippen molar-refractivity contribution in [3.05, 3.63) is 48.5 Å². The normalized spacial score (nSPS) is 11.0. The van der Waals surface area contributed by atoms with Gasteiger partial charge in [0.25, 0.3) is 5.82 Å². The third-order valence-electron chi connectivity index (χ3n) is 3.43. The Balaban J connectivity index is 2.03. The monoisotopic (exact) mass is 280 g/mol. The van der Waals surface area contributed by atoms with Gasteiger partial charge in [0.2, 0.25) is 5.91 Å². The molecule has 3 rings (SSSR count). The fourth-order valence-corrected chi connectivity index (χ4v) is 2.22. The van der Waals surface area contributed by atoms with Gasteiger partial charge in [-0.3, -0.25) is 4.79 Å². The van der Waals surface area contributed by atoms with Crippen molar-refractivity contribution in [1.82, 2.24) is 4.98 Å². The lowest BCUT2D eigenvalue weighted by molar-refractivity contribution is -0.330. The summed E-state index contributed by atoms with van der Waals surface area (Å²) in [6.07, 6.45) is 0. The van der Waals surface area contributed by atoms with E-state index in [1.807, 2.05) is 62.4 Å². The summed E-state index contributed by atoms with van der Waals surface area (Å²) in [6, 6.07) is 15.8. The molecule has 2 aromatic carbocycles. The molecule has 0 atom stereocenters. The maximum Gasteiger partial charge on any atom is 0.287 e. The molecule has 4 heteroatoms. The third-order valence-corrected chi connectivity index (χ3v) is 3.43. The molecule has 21 heavy (non-hydrogen) atoms. The van der Waals surface area contributed by atoms with E-state index >= 15 is 0 Å². The van der Waals surface area contributed by atoms with E-state index in [0.29, 0.717) is 0 Å². The topological polar surface area (TPSA) is 59.0 Å². The van der Waals surface area contributed by atoms with E-state index < -0.39 is 0 Å². The smallest absolute Gasteiger partial charge is 0.287 e. The predicted octanol–water partition coefficient (Wildman–Crippen LogP) is 3.24. The second-order valence-corrected chi connectivity index (χ2v) is 5.36. The highest BCUT2D eigenvalue weighted by atomic mass is 16.1.